The number of para-hydroxylation sites is 1. The van der Waals surface area contributed by atoms with Crippen LogP contribution in [0.1, 0.15) is 18.9 Å². The third-order valence-electron chi connectivity index (χ3n) is 5.33. The summed E-state index contributed by atoms with van der Waals surface area (Å²) < 4.78 is 14.0. The standard InChI is InChI=1S/C21H23FN4O2/c1-14-13-25(19-5-3-2-4-17(19)22)10-11-26(14)21(28)23-16-7-8-18-15(12-16)6-9-20(27)24-18/h2-5,7-8,12,14H,6,9-11,13H2,1H3,(H,23,28)(H,24,27)/t14-/m0/s1. The summed E-state index contributed by atoms with van der Waals surface area (Å²) in [6.07, 6.45) is 1.13. The molecule has 0 unspecified atom stereocenters. The SMILES string of the molecule is C[C@H]1CN(c2ccccc2F)CCN1C(=O)Nc1ccc2c(c1)CCC(=O)N2. The third kappa shape index (κ3) is 3.65. The van der Waals surface area contributed by atoms with Crippen molar-refractivity contribution in [2.75, 3.05) is 35.2 Å². The van der Waals surface area contributed by atoms with Gasteiger partial charge in [0.1, 0.15) is 5.82 Å². The number of hydrogen-bond acceptors (Lipinski definition) is 3. The average molecular weight is 382 g/mol. The summed E-state index contributed by atoms with van der Waals surface area (Å²) in [5.41, 5.74) is 3.12. The molecular weight excluding hydrogens is 359 g/mol. The highest BCUT2D eigenvalue weighted by molar-refractivity contribution is 5.95. The molecule has 0 saturated carbocycles. The Morgan fingerprint density at radius 1 is 1.18 bits per heavy atom. The first-order valence-corrected chi connectivity index (χ1v) is 9.51. The second-order valence-corrected chi connectivity index (χ2v) is 7.29. The summed E-state index contributed by atoms with van der Waals surface area (Å²) in [7, 11) is 0. The lowest BCUT2D eigenvalue weighted by molar-refractivity contribution is -0.116. The van der Waals surface area contributed by atoms with Crippen LogP contribution in [0, 0.1) is 5.82 Å². The van der Waals surface area contributed by atoms with E-state index in [9.17, 15) is 14.0 Å². The molecule has 7 heteroatoms. The van der Waals surface area contributed by atoms with E-state index in [-0.39, 0.29) is 23.8 Å². The Labute approximate surface area is 163 Å². The molecule has 2 aromatic carbocycles. The molecule has 2 N–H and O–H groups in total. The third-order valence-corrected chi connectivity index (χ3v) is 5.33. The lowest BCUT2D eigenvalue weighted by atomic mass is 10.0. The van der Waals surface area contributed by atoms with Crippen LogP contribution in [-0.4, -0.2) is 42.5 Å². The molecule has 0 spiro atoms. The van der Waals surface area contributed by atoms with Gasteiger partial charge in [-0.2, -0.15) is 0 Å². The van der Waals surface area contributed by atoms with Gasteiger partial charge in [0.25, 0.3) is 0 Å². The van der Waals surface area contributed by atoms with Crippen molar-refractivity contribution in [3.8, 4) is 0 Å². The highest BCUT2D eigenvalue weighted by atomic mass is 19.1. The lowest BCUT2D eigenvalue weighted by Gasteiger charge is -2.41. The second kappa shape index (κ2) is 7.50. The smallest absolute Gasteiger partial charge is 0.322 e. The minimum Gasteiger partial charge on any atom is -0.365 e. The predicted molar refractivity (Wildman–Crippen MR) is 107 cm³/mol. The zero-order valence-electron chi connectivity index (χ0n) is 15.7. The Balaban J connectivity index is 1.41. The number of nitrogens with zero attached hydrogens (tertiary/aromatic N) is 2. The molecule has 4 rings (SSSR count). The van der Waals surface area contributed by atoms with Crippen LogP contribution in [0.5, 0.6) is 0 Å². The summed E-state index contributed by atoms with van der Waals surface area (Å²) >= 11 is 0. The largest absolute Gasteiger partial charge is 0.365 e. The van der Waals surface area contributed by atoms with E-state index in [1.54, 1.807) is 23.1 Å². The van der Waals surface area contributed by atoms with Gasteiger partial charge < -0.3 is 20.4 Å². The molecule has 28 heavy (non-hydrogen) atoms. The Bertz CT molecular complexity index is 917. The highest BCUT2D eigenvalue weighted by Crippen LogP contribution is 2.27. The highest BCUT2D eigenvalue weighted by Gasteiger charge is 2.28. The van der Waals surface area contributed by atoms with Crippen LogP contribution < -0.4 is 15.5 Å². The Morgan fingerprint density at radius 3 is 2.79 bits per heavy atom. The quantitative estimate of drug-likeness (QED) is 0.836. The van der Waals surface area contributed by atoms with Crippen molar-refractivity contribution in [2.45, 2.75) is 25.8 Å². The minimum absolute atomic E-state index is 0.0193. The van der Waals surface area contributed by atoms with E-state index >= 15 is 0 Å². The van der Waals surface area contributed by atoms with E-state index in [4.69, 9.17) is 0 Å². The number of anilines is 3. The van der Waals surface area contributed by atoms with Crippen LogP contribution in [0.3, 0.4) is 0 Å². The monoisotopic (exact) mass is 382 g/mol. The molecule has 2 aliphatic heterocycles. The van der Waals surface area contributed by atoms with Crippen molar-refractivity contribution in [3.63, 3.8) is 0 Å². The predicted octanol–water partition coefficient (Wildman–Crippen LogP) is 3.45. The molecule has 2 aromatic rings. The molecule has 0 aromatic heterocycles. The van der Waals surface area contributed by atoms with Gasteiger partial charge in [0.05, 0.1) is 5.69 Å². The molecule has 1 fully saturated rings. The maximum absolute atomic E-state index is 14.0. The van der Waals surface area contributed by atoms with Crippen molar-refractivity contribution in [1.29, 1.82) is 0 Å². The molecule has 0 radical (unpaired) electrons. The molecule has 146 valence electrons. The number of fused-ring (bicyclic) bond motifs is 1. The van der Waals surface area contributed by atoms with Gasteiger partial charge >= 0.3 is 6.03 Å². The van der Waals surface area contributed by atoms with Gasteiger partial charge in [-0.3, -0.25) is 4.79 Å². The molecule has 1 saturated heterocycles. The van der Waals surface area contributed by atoms with Crippen LogP contribution in [0.4, 0.5) is 26.2 Å². The van der Waals surface area contributed by atoms with Crippen molar-refractivity contribution < 1.29 is 14.0 Å². The van der Waals surface area contributed by atoms with Gasteiger partial charge in [0.2, 0.25) is 5.91 Å². The van der Waals surface area contributed by atoms with Crippen molar-refractivity contribution in [3.05, 3.63) is 53.8 Å². The number of urea groups is 1. The van der Waals surface area contributed by atoms with Crippen molar-refractivity contribution in [2.24, 2.45) is 0 Å². The number of aryl methyl sites for hydroxylation is 1. The number of rotatable bonds is 2. The first-order valence-electron chi connectivity index (χ1n) is 9.51. The summed E-state index contributed by atoms with van der Waals surface area (Å²) in [4.78, 5) is 28.0. The van der Waals surface area contributed by atoms with Crippen LogP contribution in [0.25, 0.3) is 0 Å². The number of benzene rings is 2. The summed E-state index contributed by atoms with van der Waals surface area (Å²) in [5, 5.41) is 5.79. The van der Waals surface area contributed by atoms with Crippen LogP contribution >= 0.6 is 0 Å². The van der Waals surface area contributed by atoms with E-state index in [0.29, 0.717) is 43.9 Å². The maximum atomic E-state index is 14.0. The van der Waals surface area contributed by atoms with Gasteiger partial charge in [0, 0.05) is 43.5 Å². The minimum atomic E-state index is -0.242. The Morgan fingerprint density at radius 2 is 2.00 bits per heavy atom. The summed E-state index contributed by atoms with van der Waals surface area (Å²) in [6.45, 7) is 3.64. The fraction of sp³-hybridized carbons (Fsp3) is 0.333. The first kappa shape index (κ1) is 18.3. The zero-order valence-corrected chi connectivity index (χ0v) is 15.7. The maximum Gasteiger partial charge on any atom is 0.322 e. The fourth-order valence-electron chi connectivity index (χ4n) is 3.84. The van der Waals surface area contributed by atoms with Crippen LogP contribution in [0.2, 0.25) is 0 Å². The second-order valence-electron chi connectivity index (χ2n) is 7.29. The molecule has 6 nitrogen and oxygen atoms in total. The zero-order chi connectivity index (χ0) is 19.7. The molecule has 2 aliphatic rings. The first-order chi connectivity index (χ1) is 13.5. The van der Waals surface area contributed by atoms with Crippen molar-refractivity contribution >= 4 is 29.0 Å². The number of hydrogen-bond donors (Lipinski definition) is 2. The molecule has 3 amide bonds. The molecule has 0 aliphatic carbocycles. The molecule has 1 atom stereocenters. The van der Waals surface area contributed by atoms with Gasteiger partial charge in [0.15, 0.2) is 0 Å². The topological polar surface area (TPSA) is 64.7 Å². The molecule has 0 bridgehead atoms. The molecule has 2 heterocycles. The number of nitrogens with one attached hydrogen (secondary N) is 2. The van der Waals surface area contributed by atoms with Gasteiger partial charge in [-0.25, -0.2) is 9.18 Å². The normalized spacial score (nSPS) is 19.1. The summed E-state index contributed by atoms with van der Waals surface area (Å²) in [5.74, 6) is -0.223. The Kier molecular flexibility index (Phi) is 4.90. The number of amides is 3. The number of carbonyl (C=O) groups is 2. The number of carbonyl (C=O) groups excluding carboxylic acids is 2. The average Bonchev–Trinajstić information content (AvgIpc) is 2.68. The van der Waals surface area contributed by atoms with E-state index < -0.39 is 0 Å². The lowest BCUT2D eigenvalue weighted by Crippen LogP contribution is -2.55. The number of piperazine rings is 1. The van der Waals surface area contributed by atoms with E-state index in [1.807, 2.05) is 30.0 Å². The number of halogens is 1. The van der Waals surface area contributed by atoms with Crippen LogP contribution in [0.15, 0.2) is 42.5 Å². The van der Waals surface area contributed by atoms with Gasteiger partial charge in [-0.1, -0.05) is 12.1 Å². The van der Waals surface area contributed by atoms with Crippen molar-refractivity contribution in [1.82, 2.24) is 4.90 Å². The summed E-state index contributed by atoms with van der Waals surface area (Å²) in [6, 6.07) is 12.0. The van der Waals surface area contributed by atoms with E-state index in [1.165, 1.54) is 6.07 Å². The van der Waals surface area contributed by atoms with E-state index in [2.05, 4.69) is 10.6 Å². The van der Waals surface area contributed by atoms with Crippen LogP contribution in [-0.2, 0) is 11.2 Å². The van der Waals surface area contributed by atoms with E-state index in [0.717, 1.165) is 11.3 Å². The van der Waals surface area contributed by atoms with Gasteiger partial charge in [-0.15, -0.1) is 0 Å². The van der Waals surface area contributed by atoms with Gasteiger partial charge in [-0.05, 0) is 49.2 Å². The Hall–Kier alpha value is -3.09. The molecular formula is C21H23FN4O2. The fourth-order valence-corrected chi connectivity index (χ4v) is 3.84.